The van der Waals surface area contributed by atoms with Crippen molar-refractivity contribution in [1.29, 1.82) is 0 Å². The summed E-state index contributed by atoms with van der Waals surface area (Å²) in [6.07, 6.45) is 3.41. The van der Waals surface area contributed by atoms with E-state index in [4.69, 9.17) is 14.6 Å². The first-order valence-electron chi connectivity index (χ1n) is 7.05. The fourth-order valence-corrected chi connectivity index (χ4v) is 2.62. The number of allylic oxidation sites excluding steroid dienone is 1. The van der Waals surface area contributed by atoms with Crippen LogP contribution in [-0.4, -0.2) is 41.4 Å². The summed E-state index contributed by atoms with van der Waals surface area (Å²) in [6, 6.07) is 0. The summed E-state index contributed by atoms with van der Waals surface area (Å²) in [7, 11) is 0. The van der Waals surface area contributed by atoms with Gasteiger partial charge < -0.3 is 19.7 Å². The zero-order valence-electron chi connectivity index (χ0n) is 13.0. The van der Waals surface area contributed by atoms with Gasteiger partial charge in [0, 0.05) is 0 Å². The van der Waals surface area contributed by atoms with Crippen molar-refractivity contribution in [2.45, 2.75) is 39.1 Å². The molecule has 1 aliphatic carbocycles. The van der Waals surface area contributed by atoms with Crippen LogP contribution in [0.5, 0.6) is 0 Å². The SMILES string of the molecule is CC1=CC2(OCCO2)C(C)=C(C)C1(O)C#C/C(C)=C/CO. The molecule has 0 aromatic carbocycles. The van der Waals surface area contributed by atoms with Gasteiger partial charge in [-0.2, -0.15) is 0 Å². The third kappa shape index (κ3) is 2.70. The summed E-state index contributed by atoms with van der Waals surface area (Å²) in [5.74, 6) is 4.96. The minimum Gasteiger partial charge on any atom is -0.392 e. The molecule has 0 amide bonds. The van der Waals surface area contributed by atoms with E-state index in [1.807, 2.05) is 26.8 Å². The standard InChI is InChI=1S/C17H22O4/c1-12(6-8-18)5-7-16(19)13(2)11-17(15(4)14(16)3)20-9-10-21-17/h6,11,18-19H,8-10H2,1-4H3/b12-6+. The summed E-state index contributed by atoms with van der Waals surface area (Å²) in [5.41, 5.74) is 1.66. The van der Waals surface area contributed by atoms with Gasteiger partial charge in [0.25, 0.3) is 0 Å². The molecule has 0 radical (unpaired) electrons. The molecular formula is C17H22O4. The Morgan fingerprint density at radius 3 is 2.48 bits per heavy atom. The molecule has 2 N–H and O–H groups in total. The molecule has 2 aliphatic rings. The summed E-state index contributed by atoms with van der Waals surface area (Å²) >= 11 is 0. The largest absolute Gasteiger partial charge is 0.392 e. The Labute approximate surface area is 125 Å². The normalized spacial score (nSPS) is 28.5. The Morgan fingerprint density at radius 1 is 1.29 bits per heavy atom. The predicted octanol–water partition coefficient (Wildman–Crippen LogP) is 1.70. The van der Waals surface area contributed by atoms with Gasteiger partial charge in [-0.25, -0.2) is 0 Å². The highest BCUT2D eigenvalue weighted by molar-refractivity contribution is 5.52. The van der Waals surface area contributed by atoms with Crippen molar-refractivity contribution < 1.29 is 19.7 Å². The molecule has 2 rings (SSSR count). The first-order valence-corrected chi connectivity index (χ1v) is 7.05. The van der Waals surface area contributed by atoms with Crippen molar-refractivity contribution in [1.82, 2.24) is 0 Å². The van der Waals surface area contributed by atoms with Crippen LogP contribution in [0.15, 0.2) is 34.4 Å². The summed E-state index contributed by atoms with van der Waals surface area (Å²) < 4.78 is 11.5. The second-order valence-electron chi connectivity index (χ2n) is 5.47. The minimum absolute atomic E-state index is 0.0631. The van der Waals surface area contributed by atoms with Gasteiger partial charge >= 0.3 is 0 Å². The van der Waals surface area contributed by atoms with Gasteiger partial charge in [0.2, 0.25) is 5.79 Å². The maximum absolute atomic E-state index is 10.9. The van der Waals surface area contributed by atoms with Gasteiger partial charge in [-0.3, -0.25) is 0 Å². The highest BCUT2D eigenvalue weighted by atomic mass is 16.7. The molecule has 4 heteroatoms. The van der Waals surface area contributed by atoms with E-state index in [2.05, 4.69) is 11.8 Å². The minimum atomic E-state index is -1.32. The van der Waals surface area contributed by atoms with E-state index < -0.39 is 11.4 Å². The number of hydrogen-bond acceptors (Lipinski definition) is 4. The lowest BCUT2D eigenvalue weighted by molar-refractivity contribution is -0.0901. The number of ether oxygens (including phenoxy) is 2. The summed E-state index contributed by atoms with van der Waals surface area (Å²) in [5, 5.41) is 19.8. The number of aliphatic hydroxyl groups excluding tert-OH is 1. The zero-order valence-corrected chi connectivity index (χ0v) is 13.0. The molecule has 114 valence electrons. The molecule has 21 heavy (non-hydrogen) atoms. The Morgan fingerprint density at radius 2 is 1.90 bits per heavy atom. The first-order chi connectivity index (χ1) is 9.85. The van der Waals surface area contributed by atoms with E-state index in [9.17, 15) is 5.11 Å². The van der Waals surface area contributed by atoms with E-state index in [0.717, 1.165) is 16.7 Å². The van der Waals surface area contributed by atoms with E-state index in [1.165, 1.54) is 0 Å². The van der Waals surface area contributed by atoms with Crippen molar-refractivity contribution in [2.24, 2.45) is 0 Å². The Bertz CT molecular complexity index is 580. The van der Waals surface area contributed by atoms with Crippen molar-refractivity contribution >= 4 is 0 Å². The Balaban J connectivity index is 2.44. The quantitative estimate of drug-likeness (QED) is 0.570. The van der Waals surface area contributed by atoms with Crippen LogP contribution in [-0.2, 0) is 9.47 Å². The predicted molar refractivity (Wildman–Crippen MR) is 80.3 cm³/mol. The van der Waals surface area contributed by atoms with Crippen molar-refractivity contribution in [2.75, 3.05) is 19.8 Å². The molecule has 0 saturated carbocycles. The van der Waals surface area contributed by atoms with Gasteiger partial charge in [-0.1, -0.05) is 11.8 Å². The van der Waals surface area contributed by atoms with Crippen LogP contribution in [0, 0.1) is 11.8 Å². The van der Waals surface area contributed by atoms with E-state index in [-0.39, 0.29) is 6.61 Å². The topological polar surface area (TPSA) is 58.9 Å². The van der Waals surface area contributed by atoms with Crippen molar-refractivity contribution in [3.8, 4) is 11.8 Å². The Kier molecular flexibility index (Phi) is 4.40. The summed E-state index contributed by atoms with van der Waals surface area (Å²) in [4.78, 5) is 0. The monoisotopic (exact) mass is 290 g/mol. The molecule has 1 fully saturated rings. The number of hydrogen-bond donors (Lipinski definition) is 2. The molecule has 0 aromatic rings. The molecule has 0 bridgehead atoms. The maximum atomic E-state index is 10.9. The van der Waals surface area contributed by atoms with Crippen LogP contribution in [0.4, 0.5) is 0 Å². The van der Waals surface area contributed by atoms with E-state index in [1.54, 1.807) is 13.0 Å². The Hall–Kier alpha value is -1.38. The van der Waals surface area contributed by atoms with Crippen LogP contribution in [0.3, 0.4) is 0 Å². The van der Waals surface area contributed by atoms with E-state index in [0.29, 0.717) is 18.8 Å². The molecule has 1 unspecified atom stereocenters. The molecule has 1 atom stereocenters. The molecular weight excluding hydrogens is 268 g/mol. The average Bonchev–Trinajstić information content (AvgIpc) is 2.91. The van der Waals surface area contributed by atoms with Crippen LogP contribution in [0.25, 0.3) is 0 Å². The molecule has 0 aromatic heterocycles. The van der Waals surface area contributed by atoms with Gasteiger partial charge in [0.05, 0.1) is 19.8 Å². The van der Waals surface area contributed by atoms with Gasteiger partial charge in [-0.15, -0.1) is 0 Å². The highest BCUT2D eigenvalue weighted by Gasteiger charge is 2.46. The molecule has 1 saturated heterocycles. The van der Waals surface area contributed by atoms with Gasteiger partial charge in [-0.05, 0) is 62.1 Å². The number of rotatable bonds is 1. The lowest BCUT2D eigenvalue weighted by Crippen LogP contribution is -2.42. The third-order valence-corrected chi connectivity index (χ3v) is 4.16. The molecule has 4 nitrogen and oxygen atoms in total. The first kappa shape index (κ1) is 16.0. The maximum Gasteiger partial charge on any atom is 0.211 e. The van der Waals surface area contributed by atoms with Crippen LogP contribution < -0.4 is 0 Å². The zero-order chi connectivity index (χ0) is 15.7. The summed E-state index contributed by atoms with van der Waals surface area (Å²) in [6.45, 7) is 8.37. The fourth-order valence-electron chi connectivity index (χ4n) is 2.62. The van der Waals surface area contributed by atoms with Crippen LogP contribution in [0.2, 0.25) is 0 Å². The second-order valence-corrected chi connectivity index (χ2v) is 5.47. The highest BCUT2D eigenvalue weighted by Crippen LogP contribution is 2.42. The lowest BCUT2D eigenvalue weighted by atomic mass is 9.77. The van der Waals surface area contributed by atoms with Gasteiger partial charge in [0.15, 0.2) is 5.60 Å². The lowest BCUT2D eigenvalue weighted by Gasteiger charge is -2.38. The smallest absolute Gasteiger partial charge is 0.211 e. The molecule has 1 aliphatic heterocycles. The number of aliphatic hydroxyl groups is 2. The van der Waals surface area contributed by atoms with Gasteiger partial charge in [0.1, 0.15) is 0 Å². The average molecular weight is 290 g/mol. The van der Waals surface area contributed by atoms with Crippen molar-refractivity contribution in [3.63, 3.8) is 0 Å². The fraction of sp³-hybridized carbons (Fsp3) is 0.529. The van der Waals surface area contributed by atoms with E-state index >= 15 is 0 Å². The molecule has 1 spiro atoms. The molecule has 1 heterocycles. The van der Waals surface area contributed by atoms with Crippen LogP contribution in [0.1, 0.15) is 27.7 Å². The van der Waals surface area contributed by atoms with Crippen molar-refractivity contribution in [3.05, 3.63) is 34.4 Å². The third-order valence-electron chi connectivity index (χ3n) is 4.16. The van der Waals surface area contributed by atoms with Crippen LogP contribution >= 0.6 is 0 Å². The second kappa shape index (κ2) is 5.78.